The number of carboxylic acids is 1. The van der Waals surface area contributed by atoms with E-state index in [9.17, 15) is 19.5 Å². The number of halogens is 1. The number of hydrogen-bond acceptors (Lipinski definition) is 7. The van der Waals surface area contributed by atoms with Gasteiger partial charge in [0.15, 0.2) is 0 Å². The zero-order valence-electron chi connectivity index (χ0n) is 24.5. The van der Waals surface area contributed by atoms with E-state index in [2.05, 4.69) is 14.9 Å². The second-order valence-electron chi connectivity index (χ2n) is 12.3. The van der Waals surface area contributed by atoms with Gasteiger partial charge in [0, 0.05) is 56.5 Å². The standard InChI is InChI=1S/C33H35ClN6O4/c34-26-4-1-3-24(20-5-6-20)28(26)31(42)40-27-19-23(30(41)38-15-17-39(18-16-38)33-35-13-2-14-36-33)11-12-25(27)29(37-40)21-7-9-22(10-8-21)32(43)44/h1-4,7,13-14,20,22-23H,5-6,8-12,15-19H2,(H,43,44). The minimum absolute atomic E-state index is 0.101. The molecule has 1 saturated carbocycles. The smallest absolute Gasteiger partial charge is 0.306 e. The predicted molar refractivity (Wildman–Crippen MR) is 165 cm³/mol. The normalized spacial score (nSPS) is 21.9. The molecule has 11 heteroatoms. The van der Waals surface area contributed by atoms with E-state index in [0.29, 0.717) is 87.2 Å². The summed E-state index contributed by atoms with van der Waals surface area (Å²) in [4.78, 5) is 52.4. The number of aliphatic carboxylic acids is 1. The Morgan fingerprint density at radius 3 is 2.34 bits per heavy atom. The van der Waals surface area contributed by atoms with Gasteiger partial charge >= 0.3 is 5.97 Å². The van der Waals surface area contributed by atoms with Gasteiger partial charge < -0.3 is 14.9 Å². The van der Waals surface area contributed by atoms with Crippen LogP contribution in [0.25, 0.3) is 5.57 Å². The van der Waals surface area contributed by atoms with Gasteiger partial charge in [-0.05, 0) is 74.1 Å². The number of carboxylic acid groups (broad SMARTS) is 1. The van der Waals surface area contributed by atoms with E-state index in [1.165, 1.54) is 4.68 Å². The van der Waals surface area contributed by atoms with Crippen molar-refractivity contribution >= 4 is 40.9 Å². The number of piperazine rings is 1. The number of amides is 1. The number of rotatable bonds is 6. The van der Waals surface area contributed by atoms with Crippen LogP contribution in [0.4, 0.5) is 5.95 Å². The molecule has 1 saturated heterocycles. The minimum atomic E-state index is -0.784. The second-order valence-corrected chi connectivity index (χ2v) is 12.7. The Bertz CT molecular complexity index is 1640. The van der Waals surface area contributed by atoms with Gasteiger partial charge in [0.1, 0.15) is 0 Å². The van der Waals surface area contributed by atoms with Crippen molar-refractivity contribution in [2.24, 2.45) is 11.8 Å². The maximum absolute atomic E-state index is 14.3. The number of anilines is 1. The molecule has 0 radical (unpaired) electrons. The molecule has 44 heavy (non-hydrogen) atoms. The lowest BCUT2D eigenvalue weighted by atomic mass is 9.82. The van der Waals surface area contributed by atoms with Crippen LogP contribution in [0.2, 0.25) is 5.02 Å². The largest absolute Gasteiger partial charge is 0.481 e. The number of carbonyl (C=O) groups is 3. The summed E-state index contributed by atoms with van der Waals surface area (Å²) in [6.07, 6.45) is 10.8. The van der Waals surface area contributed by atoms with Crippen molar-refractivity contribution in [3.05, 3.63) is 75.8 Å². The van der Waals surface area contributed by atoms with Gasteiger partial charge in [-0.15, -0.1) is 0 Å². The van der Waals surface area contributed by atoms with Crippen molar-refractivity contribution in [2.45, 2.75) is 57.3 Å². The molecule has 3 aromatic rings. The molecule has 3 heterocycles. The lowest BCUT2D eigenvalue weighted by molar-refractivity contribution is -0.142. The highest BCUT2D eigenvalue weighted by molar-refractivity contribution is 6.34. The Labute approximate surface area is 260 Å². The van der Waals surface area contributed by atoms with Gasteiger partial charge in [-0.2, -0.15) is 9.78 Å². The van der Waals surface area contributed by atoms with Gasteiger partial charge in [0.2, 0.25) is 11.9 Å². The number of nitrogens with zero attached hydrogens (tertiary/aromatic N) is 6. The quantitative estimate of drug-likeness (QED) is 0.427. The summed E-state index contributed by atoms with van der Waals surface area (Å²) < 4.78 is 1.51. The molecule has 0 bridgehead atoms. The molecule has 7 rings (SSSR count). The molecule has 4 aliphatic rings. The van der Waals surface area contributed by atoms with Gasteiger partial charge in [-0.1, -0.05) is 29.8 Å². The molecule has 1 aliphatic heterocycles. The number of aromatic nitrogens is 4. The molecule has 1 amide bonds. The Morgan fingerprint density at radius 2 is 1.66 bits per heavy atom. The predicted octanol–water partition coefficient (Wildman–Crippen LogP) is 4.61. The first-order valence-corrected chi connectivity index (χ1v) is 15.9. The van der Waals surface area contributed by atoms with E-state index in [1.807, 2.05) is 23.1 Å². The van der Waals surface area contributed by atoms with Gasteiger partial charge in [0.05, 0.1) is 27.9 Å². The maximum Gasteiger partial charge on any atom is 0.306 e. The van der Waals surface area contributed by atoms with Gasteiger partial charge in [-0.25, -0.2) is 9.97 Å². The number of fused-ring (bicyclic) bond motifs is 1. The molecule has 2 atom stereocenters. The maximum atomic E-state index is 14.3. The van der Waals surface area contributed by atoms with Crippen LogP contribution in [0.5, 0.6) is 0 Å². The van der Waals surface area contributed by atoms with E-state index < -0.39 is 11.9 Å². The summed E-state index contributed by atoms with van der Waals surface area (Å²) in [5, 5.41) is 14.8. The molecule has 3 aliphatic carbocycles. The summed E-state index contributed by atoms with van der Waals surface area (Å²) in [6, 6.07) is 7.41. The highest BCUT2D eigenvalue weighted by Gasteiger charge is 2.38. The van der Waals surface area contributed by atoms with Crippen LogP contribution in [-0.4, -0.2) is 73.7 Å². The summed E-state index contributed by atoms with van der Waals surface area (Å²) >= 11 is 6.66. The molecular formula is C33H35ClN6O4. The first-order chi connectivity index (χ1) is 21.4. The Hall–Kier alpha value is -4.05. The van der Waals surface area contributed by atoms with E-state index in [1.54, 1.807) is 24.5 Å². The SMILES string of the molecule is O=C(O)C1CC=C(c2nn(C(=O)c3c(Cl)cccc3C3CC3)c3c2CCC(C(=O)N2CCN(c4ncccn4)CC2)C3)CC1. The van der Waals surface area contributed by atoms with Crippen molar-refractivity contribution in [2.75, 3.05) is 31.1 Å². The van der Waals surface area contributed by atoms with Crippen molar-refractivity contribution in [1.82, 2.24) is 24.6 Å². The first kappa shape index (κ1) is 28.7. The van der Waals surface area contributed by atoms with Gasteiger partial charge in [0.25, 0.3) is 5.91 Å². The Morgan fingerprint density at radius 1 is 0.909 bits per heavy atom. The van der Waals surface area contributed by atoms with Crippen LogP contribution in [-0.2, 0) is 22.4 Å². The molecule has 228 valence electrons. The summed E-state index contributed by atoms with van der Waals surface area (Å²) in [5.74, 6) is -0.612. The third-order valence-electron chi connectivity index (χ3n) is 9.58. The molecule has 2 unspecified atom stereocenters. The van der Waals surface area contributed by atoms with Crippen LogP contribution in [0.3, 0.4) is 0 Å². The monoisotopic (exact) mass is 614 g/mol. The molecule has 2 aromatic heterocycles. The lowest BCUT2D eigenvalue weighted by Crippen LogP contribution is -2.51. The van der Waals surface area contributed by atoms with Crippen LogP contribution in [0, 0.1) is 11.8 Å². The molecule has 2 fully saturated rings. The molecule has 0 spiro atoms. The highest BCUT2D eigenvalue weighted by atomic mass is 35.5. The Balaban J connectivity index is 1.18. The number of benzene rings is 1. The first-order valence-electron chi connectivity index (χ1n) is 15.6. The summed E-state index contributed by atoms with van der Waals surface area (Å²) in [6.45, 7) is 2.50. The fourth-order valence-electron chi connectivity index (χ4n) is 6.97. The molecular weight excluding hydrogens is 580 g/mol. The minimum Gasteiger partial charge on any atom is -0.481 e. The van der Waals surface area contributed by atoms with Crippen LogP contribution in [0.15, 0.2) is 42.7 Å². The zero-order chi connectivity index (χ0) is 30.4. The zero-order valence-corrected chi connectivity index (χ0v) is 25.2. The van der Waals surface area contributed by atoms with Crippen LogP contribution in [0.1, 0.15) is 77.3 Å². The number of hydrogen-bond donors (Lipinski definition) is 1. The third-order valence-corrected chi connectivity index (χ3v) is 9.90. The second kappa shape index (κ2) is 11.8. The lowest BCUT2D eigenvalue weighted by Gasteiger charge is -2.37. The van der Waals surface area contributed by atoms with Crippen molar-refractivity contribution in [3.8, 4) is 0 Å². The van der Waals surface area contributed by atoms with Crippen LogP contribution >= 0.6 is 11.6 Å². The highest BCUT2D eigenvalue weighted by Crippen LogP contribution is 2.44. The topological polar surface area (TPSA) is 122 Å². The fourth-order valence-corrected chi connectivity index (χ4v) is 7.23. The Kier molecular flexibility index (Phi) is 7.70. The molecule has 1 N–H and O–H groups in total. The summed E-state index contributed by atoms with van der Waals surface area (Å²) in [7, 11) is 0. The van der Waals surface area contributed by atoms with E-state index in [-0.39, 0.29) is 17.7 Å². The fraction of sp³-hybridized carbons (Fsp3) is 0.455. The van der Waals surface area contributed by atoms with Crippen LogP contribution < -0.4 is 4.90 Å². The van der Waals surface area contributed by atoms with E-state index in [0.717, 1.165) is 40.9 Å². The summed E-state index contributed by atoms with van der Waals surface area (Å²) in [5.41, 5.74) is 4.96. The average molecular weight is 615 g/mol. The van der Waals surface area contributed by atoms with Crippen molar-refractivity contribution in [1.29, 1.82) is 0 Å². The number of allylic oxidation sites excluding steroid dienone is 2. The molecule has 10 nitrogen and oxygen atoms in total. The van der Waals surface area contributed by atoms with E-state index >= 15 is 0 Å². The van der Waals surface area contributed by atoms with E-state index in [4.69, 9.17) is 16.7 Å². The molecule has 1 aromatic carbocycles. The average Bonchev–Trinajstić information content (AvgIpc) is 3.84. The van der Waals surface area contributed by atoms with Gasteiger partial charge in [-0.3, -0.25) is 14.4 Å². The number of carbonyl (C=O) groups excluding carboxylic acids is 2. The third kappa shape index (κ3) is 5.40. The van der Waals surface area contributed by atoms with Crippen molar-refractivity contribution < 1.29 is 19.5 Å². The van der Waals surface area contributed by atoms with Crippen molar-refractivity contribution in [3.63, 3.8) is 0 Å².